The molecular weight excluding hydrogens is 244 g/mol. The Morgan fingerprint density at radius 2 is 2.16 bits per heavy atom. The fourth-order valence-electron chi connectivity index (χ4n) is 2.54. The maximum atomic E-state index is 12.0. The van der Waals surface area contributed by atoms with Gasteiger partial charge in [0.05, 0.1) is 0 Å². The number of hydrogen-bond acceptors (Lipinski definition) is 2. The van der Waals surface area contributed by atoms with Crippen molar-refractivity contribution in [3.8, 4) is 0 Å². The minimum absolute atomic E-state index is 0.222. The van der Waals surface area contributed by atoms with E-state index in [4.69, 9.17) is 5.11 Å². The van der Waals surface area contributed by atoms with Gasteiger partial charge in [-0.25, -0.2) is 9.59 Å². The summed E-state index contributed by atoms with van der Waals surface area (Å²) < 4.78 is 0. The van der Waals surface area contributed by atoms with Crippen molar-refractivity contribution in [3.05, 3.63) is 0 Å². The third kappa shape index (κ3) is 4.73. The zero-order valence-corrected chi connectivity index (χ0v) is 12.0. The fourth-order valence-corrected chi connectivity index (χ4v) is 2.54. The number of nitrogens with zero attached hydrogens (tertiary/aromatic N) is 1. The number of carbonyl (C=O) groups excluding carboxylic acids is 1. The summed E-state index contributed by atoms with van der Waals surface area (Å²) >= 11 is 0. The van der Waals surface area contributed by atoms with E-state index in [0.29, 0.717) is 25.4 Å². The molecule has 1 unspecified atom stereocenters. The van der Waals surface area contributed by atoms with Crippen molar-refractivity contribution >= 4 is 12.0 Å². The van der Waals surface area contributed by atoms with Crippen molar-refractivity contribution in [2.75, 3.05) is 13.1 Å². The van der Waals surface area contributed by atoms with Crippen molar-refractivity contribution in [3.63, 3.8) is 0 Å². The Hall–Kier alpha value is -1.26. The lowest BCUT2D eigenvalue weighted by Crippen LogP contribution is -2.47. The molecule has 0 radical (unpaired) electrons. The molecule has 5 heteroatoms. The third-order valence-electron chi connectivity index (χ3n) is 3.88. The molecule has 0 aliphatic carbocycles. The highest BCUT2D eigenvalue weighted by molar-refractivity contribution is 5.83. The Morgan fingerprint density at radius 3 is 2.74 bits per heavy atom. The molecule has 19 heavy (non-hydrogen) atoms. The molecule has 1 aliphatic rings. The summed E-state index contributed by atoms with van der Waals surface area (Å²) in [5, 5.41) is 11.9. The predicted molar refractivity (Wildman–Crippen MR) is 74.1 cm³/mol. The number of nitrogens with one attached hydrogen (secondary N) is 1. The van der Waals surface area contributed by atoms with Crippen LogP contribution in [-0.2, 0) is 4.79 Å². The van der Waals surface area contributed by atoms with Gasteiger partial charge in [-0.3, -0.25) is 0 Å². The second-order valence-electron chi connectivity index (χ2n) is 5.29. The predicted octanol–water partition coefficient (Wildman–Crippen LogP) is 2.46. The standard InChI is InChI=1S/C14H26N2O3/c1-3-5-7-11(4-2)10-15-14(19)16-9-6-8-12(16)13(17)18/h11-12H,3-10H2,1-2H3,(H,15,19)(H,17,18)/t11?,12-/m0/s1. The maximum absolute atomic E-state index is 12.0. The van der Waals surface area contributed by atoms with Crippen molar-refractivity contribution in [2.24, 2.45) is 5.92 Å². The van der Waals surface area contributed by atoms with Gasteiger partial charge in [0.2, 0.25) is 0 Å². The van der Waals surface area contributed by atoms with Gasteiger partial charge in [-0.1, -0.05) is 33.1 Å². The number of carbonyl (C=O) groups is 2. The van der Waals surface area contributed by atoms with E-state index in [9.17, 15) is 9.59 Å². The Kier molecular flexibility index (Phi) is 6.67. The van der Waals surface area contributed by atoms with Gasteiger partial charge in [-0.2, -0.15) is 0 Å². The van der Waals surface area contributed by atoms with Crippen LogP contribution in [0.2, 0.25) is 0 Å². The molecule has 1 rings (SSSR count). The van der Waals surface area contributed by atoms with E-state index >= 15 is 0 Å². The van der Waals surface area contributed by atoms with Gasteiger partial charge >= 0.3 is 12.0 Å². The molecule has 5 nitrogen and oxygen atoms in total. The van der Waals surface area contributed by atoms with Crippen LogP contribution in [0.4, 0.5) is 4.79 Å². The summed E-state index contributed by atoms with van der Waals surface area (Å²) in [6.45, 7) is 5.49. The third-order valence-corrected chi connectivity index (χ3v) is 3.88. The number of amides is 2. The maximum Gasteiger partial charge on any atom is 0.326 e. The number of likely N-dealkylation sites (tertiary alicyclic amines) is 1. The molecule has 1 saturated heterocycles. The molecule has 0 aromatic carbocycles. The molecule has 2 amide bonds. The van der Waals surface area contributed by atoms with Gasteiger partial charge in [0.1, 0.15) is 6.04 Å². The molecule has 0 spiro atoms. The quantitative estimate of drug-likeness (QED) is 0.746. The van der Waals surface area contributed by atoms with E-state index in [2.05, 4.69) is 19.2 Å². The van der Waals surface area contributed by atoms with Crippen molar-refractivity contribution in [2.45, 2.75) is 58.4 Å². The second kappa shape index (κ2) is 8.02. The molecule has 0 aromatic rings. The molecular formula is C14H26N2O3. The minimum Gasteiger partial charge on any atom is -0.480 e. The van der Waals surface area contributed by atoms with Crippen LogP contribution < -0.4 is 5.32 Å². The number of carboxylic acid groups (broad SMARTS) is 1. The number of unbranched alkanes of at least 4 members (excludes halogenated alkanes) is 1. The molecule has 1 aliphatic heterocycles. The van der Waals surface area contributed by atoms with Crippen molar-refractivity contribution in [1.82, 2.24) is 10.2 Å². The monoisotopic (exact) mass is 270 g/mol. The molecule has 0 saturated carbocycles. The fraction of sp³-hybridized carbons (Fsp3) is 0.857. The minimum atomic E-state index is -0.898. The Balaban J connectivity index is 2.39. The number of rotatable bonds is 7. The lowest BCUT2D eigenvalue weighted by Gasteiger charge is -2.23. The summed E-state index contributed by atoms with van der Waals surface area (Å²) in [7, 11) is 0. The first-order valence-corrected chi connectivity index (χ1v) is 7.37. The Bertz CT molecular complexity index is 307. The van der Waals surface area contributed by atoms with E-state index in [-0.39, 0.29) is 6.03 Å². The number of carboxylic acids is 1. The number of hydrogen-bond donors (Lipinski definition) is 2. The number of urea groups is 1. The first kappa shape index (κ1) is 15.8. The topological polar surface area (TPSA) is 69.6 Å². The van der Waals surface area contributed by atoms with Crippen LogP contribution in [0.1, 0.15) is 52.4 Å². The smallest absolute Gasteiger partial charge is 0.326 e. The van der Waals surface area contributed by atoms with E-state index in [1.165, 1.54) is 11.3 Å². The van der Waals surface area contributed by atoms with Crippen LogP contribution in [0.5, 0.6) is 0 Å². The molecule has 0 bridgehead atoms. The van der Waals surface area contributed by atoms with Gasteiger partial charge in [-0.05, 0) is 25.2 Å². The molecule has 1 fully saturated rings. The van der Waals surface area contributed by atoms with Gasteiger partial charge in [-0.15, -0.1) is 0 Å². The average Bonchev–Trinajstić information content (AvgIpc) is 2.88. The summed E-state index contributed by atoms with van der Waals surface area (Å²) in [5.41, 5.74) is 0. The normalized spacial score (nSPS) is 20.3. The van der Waals surface area contributed by atoms with Crippen LogP contribution >= 0.6 is 0 Å². The molecule has 1 heterocycles. The van der Waals surface area contributed by atoms with Crippen molar-refractivity contribution < 1.29 is 14.7 Å². The highest BCUT2D eigenvalue weighted by Gasteiger charge is 2.33. The highest BCUT2D eigenvalue weighted by atomic mass is 16.4. The van der Waals surface area contributed by atoms with Crippen LogP contribution in [0.3, 0.4) is 0 Å². The van der Waals surface area contributed by atoms with Crippen LogP contribution in [0.25, 0.3) is 0 Å². The molecule has 2 atom stereocenters. The SMILES string of the molecule is CCCCC(CC)CNC(=O)N1CCC[C@H]1C(=O)O. The van der Waals surface area contributed by atoms with E-state index in [1.807, 2.05) is 0 Å². The lowest BCUT2D eigenvalue weighted by molar-refractivity contribution is -0.141. The van der Waals surface area contributed by atoms with Gasteiger partial charge < -0.3 is 15.3 Å². The lowest BCUT2D eigenvalue weighted by atomic mass is 9.99. The van der Waals surface area contributed by atoms with Crippen molar-refractivity contribution in [1.29, 1.82) is 0 Å². The zero-order chi connectivity index (χ0) is 14.3. The first-order chi connectivity index (χ1) is 9.10. The summed E-state index contributed by atoms with van der Waals surface area (Å²) in [4.78, 5) is 24.5. The Labute approximate surface area is 115 Å². The zero-order valence-electron chi connectivity index (χ0n) is 12.0. The first-order valence-electron chi connectivity index (χ1n) is 7.37. The van der Waals surface area contributed by atoms with Gasteiger partial charge in [0.25, 0.3) is 0 Å². The highest BCUT2D eigenvalue weighted by Crippen LogP contribution is 2.18. The number of aliphatic carboxylic acids is 1. The molecule has 110 valence electrons. The summed E-state index contributed by atoms with van der Waals surface area (Å²) in [6.07, 6.45) is 5.85. The largest absolute Gasteiger partial charge is 0.480 e. The molecule has 0 aromatic heterocycles. The Morgan fingerprint density at radius 1 is 1.42 bits per heavy atom. The molecule has 2 N–H and O–H groups in total. The van der Waals surface area contributed by atoms with E-state index in [0.717, 1.165) is 25.7 Å². The van der Waals surface area contributed by atoms with E-state index < -0.39 is 12.0 Å². The summed E-state index contributed by atoms with van der Waals surface area (Å²) in [5.74, 6) is -0.402. The van der Waals surface area contributed by atoms with Gasteiger partial charge in [0.15, 0.2) is 0 Å². The van der Waals surface area contributed by atoms with Crippen LogP contribution in [0, 0.1) is 5.92 Å². The second-order valence-corrected chi connectivity index (χ2v) is 5.29. The van der Waals surface area contributed by atoms with Gasteiger partial charge in [0, 0.05) is 13.1 Å². The average molecular weight is 270 g/mol. The van der Waals surface area contributed by atoms with Crippen LogP contribution in [0.15, 0.2) is 0 Å². The van der Waals surface area contributed by atoms with E-state index in [1.54, 1.807) is 0 Å². The van der Waals surface area contributed by atoms with Crippen LogP contribution in [-0.4, -0.2) is 41.1 Å². The summed E-state index contributed by atoms with van der Waals surface area (Å²) in [6, 6.07) is -0.865.